The van der Waals surface area contributed by atoms with Gasteiger partial charge in [0.05, 0.1) is 18.9 Å². The fourth-order valence-electron chi connectivity index (χ4n) is 7.18. The normalized spacial score (nSPS) is 31.5. The molecule has 0 heterocycles. The van der Waals surface area contributed by atoms with E-state index in [9.17, 15) is 9.59 Å². The molecule has 1 fully saturated rings. The Morgan fingerprint density at radius 2 is 1.56 bits per heavy atom. The highest BCUT2D eigenvalue weighted by atomic mass is 16.5. The minimum atomic E-state index is -0.952. The number of methoxy groups -OCH3 is 1. The smallest absolute Gasteiger partial charge is 0.313 e. The summed E-state index contributed by atoms with van der Waals surface area (Å²) in [4.78, 5) is 27.1. The molecule has 0 spiro atoms. The Morgan fingerprint density at radius 1 is 0.971 bits per heavy atom. The van der Waals surface area contributed by atoms with Crippen molar-refractivity contribution >= 4 is 11.9 Å². The predicted molar refractivity (Wildman–Crippen MR) is 131 cm³/mol. The van der Waals surface area contributed by atoms with Crippen LogP contribution in [-0.2, 0) is 19.1 Å². The third-order valence-corrected chi connectivity index (χ3v) is 8.78. The van der Waals surface area contributed by atoms with Crippen molar-refractivity contribution in [2.75, 3.05) is 7.11 Å². The van der Waals surface area contributed by atoms with Gasteiger partial charge in [-0.2, -0.15) is 0 Å². The number of carbonyl (C=O) groups excluding carboxylic acids is 2. The highest BCUT2D eigenvalue weighted by Gasteiger charge is 2.58. The van der Waals surface area contributed by atoms with Gasteiger partial charge >= 0.3 is 11.9 Å². The number of hydrogen-bond acceptors (Lipinski definition) is 4. The second-order valence-corrected chi connectivity index (χ2v) is 11.1. The van der Waals surface area contributed by atoms with Crippen molar-refractivity contribution in [1.29, 1.82) is 0 Å². The molecule has 2 bridgehead atoms. The molecule has 4 aliphatic rings. The zero-order valence-electron chi connectivity index (χ0n) is 20.8. The highest BCUT2D eigenvalue weighted by Crippen LogP contribution is 2.62. The lowest BCUT2D eigenvalue weighted by Gasteiger charge is -2.51. The van der Waals surface area contributed by atoms with Crippen molar-refractivity contribution in [3.8, 4) is 0 Å². The van der Waals surface area contributed by atoms with Crippen LogP contribution in [0.15, 0.2) is 48.5 Å². The average Bonchev–Trinajstić information content (AvgIpc) is 2.83. The van der Waals surface area contributed by atoms with Gasteiger partial charge in [-0.1, -0.05) is 75.7 Å². The Labute approximate surface area is 203 Å². The summed E-state index contributed by atoms with van der Waals surface area (Å²) in [5.74, 6) is 0.673. The lowest BCUT2D eigenvalue weighted by Crippen LogP contribution is -2.49. The fraction of sp³-hybridized carbons (Fsp3) is 0.533. The van der Waals surface area contributed by atoms with Crippen LogP contribution >= 0.6 is 0 Å². The molecule has 2 aromatic carbocycles. The summed E-state index contributed by atoms with van der Waals surface area (Å²) in [5.41, 5.74) is 3.86. The SMILES string of the molecule is COC(=O)[C@]1(CC(=O)O[C@@H]2C[C@H](C)CC[C@H]2C(C)C)CC2c3ccccc3C1c1ccccc12. The molecule has 4 aliphatic carbocycles. The molecule has 0 saturated heterocycles. The molecule has 0 unspecified atom stereocenters. The Balaban J connectivity index is 1.51. The van der Waals surface area contributed by atoms with Gasteiger partial charge in [-0.3, -0.25) is 9.59 Å². The van der Waals surface area contributed by atoms with E-state index >= 15 is 0 Å². The van der Waals surface area contributed by atoms with Crippen molar-refractivity contribution in [2.24, 2.45) is 23.2 Å². The molecule has 1 saturated carbocycles. The van der Waals surface area contributed by atoms with Gasteiger partial charge in [-0.15, -0.1) is 0 Å². The van der Waals surface area contributed by atoms with Crippen molar-refractivity contribution in [3.63, 3.8) is 0 Å². The van der Waals surface area contributed by atoms with Crippen molar-refractivity contribution in [1.82, 2.24) is 0 Å². The first kappa shape index (κ1) is 23.1. The first-order valence-corrected chi connectivity index (χ1v) is 12.8. The number of benzene rings is 2. The van der Waals surface area contributed by atoms with E-state index in [0.29, 0.717) is 24.2 Å². The number of fused-ring (bicyclic) bond motifs is 1. The fourth-order valence-corrected chi connectivity index (χ4v) is 7.18. The average molecular weight is 461 g/mol. The third kappa shape index (κ3) is 3.66. The van der Waals surface area contributed by atoms with Gasteiger partial charge in [0.2, 0.25) is 0 Å². The quantitative estimate of drug-likeness (QED) is 0.497. The number of carbonyl (C=O) groups is 2. The number of esters is 2. The van der Waals surface area contributed by atoms with Gasteiger partial charge in [0.15, 0.2) is 0 Å². The maximum Gasteiger partial charge on any atom is 0.313 e. The Kier molecular flexibility index (Phi) is 6.03. The Morgan fingerprint density at radius 3 is 2.12 bits per heavy atom. The molecular weight excluding hydrogens is 424 g/mol. The molecule has 180 valence electrons. The second-order valence-electron chi connectivity index (χ2n) is 11.1. The van der Waals surface area contributed by atoms with Gasteiger partial charge in [0.25, 0.3) is 0 Å². The van der Waals surface area contributed by atoms with Crippen LogP contribution in [0.5, 0.6) is 0 Å². The Bertz CT molecular complexity index is 1040. The maximum atomic E-state index is 13.6. The summed E-state index contributed by atoms with van der Waals surface area (Å²) >= 11 is 0. The monoisotopic (exact) mass is 460 g/mol. The first-order chi connectivity index (χ1) is 16.4. The van der Waals surface area contributed by atoms with E-state index in [1.807, 2.05) is 12.1 Å². The van der Waals surface area contributed by atoms with Crippen LogP contribution in [0.3, 0.4) is 0 Å². The van der Waals surface area contributed by atoms with E-state index in [1.165, 1.54) is 24.7 Å². The van der Waals surface area contributed by atoms with Gasteiger partial charge in [0, 0.05) is 11.8 Å². The van der Waals surface area contributed by atoms with Crippen LogP contribution < -0.4 is 0 Å². The summed E-state index contributed by atoms with van der Waals surface area (Å²) < 4.78 is 11.6. The van der Waals surface area contributed by atoms with Crippen molar-refractivity contribution in [2.45, 2.75) is 70.8 Å². The van der Waals surface area contributed by atoms with E-state index in [0.717, 1.165) is 24.0 Å². The molecule has 4 heteroatoms. The summed E-state index contributed by atoms with van der Waals surface area (Å²) in [7, 11) is 1.44. The summed E-state index contributed by atoms with van der Waals surface area (Å²) in [6, 6.07) is 16.7. The lowest BCUT2D eigenvalue weighted by atomic mass is 9.51. The molecule has 34 heavy (non-hydrogen) atoms. The molecule has 0 aromatic heterocycles. The van der Waals surface area contributed by atoms with Crippen LogP contribution in [0, 0.1) is 23.2 Å². The van der Waals surface area contributed by atoms with Gasteiger partial charge < -0.3 is 9.47 Å². The van der Waals surface area contributed by atoms with Crippen LogP contribution in [0.1, 0.15) is 87.0 Å². The number of hydrogen-bond donors (Lipinski definition) is 0. The molecular formula is C30H36O4. The van der Waals surface area contributed by atoms with Crippen molar-refractivity contribution in [3.05, 3.63) is 70.8 Å². The Hall–Kier alpha value is -2.62. The van der Waals surface area contributed by atoms with Gasteiger partial charge in [0.1, 0.15) is 6.10 Å². The minimum absolute atomic E-state index is 0.0548. The van der Waals surface area contributed by atoms with E-state index in [4.69, 9.17) is 9.47 Å². The van der Waals surface area contributed by atoms with E-state index in [1.54, 1.807) is 0 Å². The van der Waals surface area contributed by atoms with Crippen LogP contribution in [0.2, 0.25) is 0 Å². The second kappa shape index (κ2) is 8.87. The van der Waals surface area contributed by atoms with Crippen LogP contribution in [0.4, 0.5) is 0 Å². The first-order valence-electron chi connectivity index (χ1n) is 12.8. The van der Waals surface area contributed by atoms with E-state index < -0.39 is 5.41 Å². The summed E-state index contributed by atoms with van der Waals surface area (Å²) in [6.07, 6.45) is 3.72. The predicted octanol–water partition coefficient (Wildman–Crippen LogP) is 6.22. The van der Waals surface area contributed by atoms with Crippen LogP contribution in [-0.4, -0.2) is 25.2 Å². The molecule has 4 atom stereocenters. The molecule has 0 aliphatic heterocycles. The van der Waals surface area contributed by atoms with Crippen LogP contribution in [0.25, 0.3) is 0 Å². The standard InChI is InChI=1S/C30H36O4/c1-18(2)20-14-13-19(3)15-26(20)34-27(31)17-30(29(32)33-4)16-25-21-9-5-7-11-23(21)28(30)24-12-8-6-10-22(24)25/h5-12,18-20,25-26,28H,13-17H2,1-4H3/t19-,20+,25?,26-,28?,30+/m1/s1. The topological polar surface area (TPSA) is 52.6 Å². The summed E-state index contributed by atoms with van der Waals surface area (Å²) in [6.45, 7) is 6.66. The number of ether oxygens (including phenoxy) is 2. The van der Waals surface area contributed by atoms with Gasteiger partial charge in [-0.05, 0) is 59.3 Å². The molecule has 6 rings (SSSR count). The molecule has 0 radical (unpaired) electrons. The molecule has 0 amide bonds. The van der Waals surface area contributed by atoms with E-state index in [2.05, 4.69) is 57.2 Å². The largest absolute Gasteiger partial charge is 0.469 e. The van der Waals surface area contributed by atoms with Crippen molar-refractivity contribution < 1.29 is 19.1 Å². The lowest BCUT2D eigenvalue weighted by molar-refractivity contribution is -0.169. The zero-order chi connectivity index (χ0) is 24.0. The summed E-state index contributed by atoms with van der Waals surface area (Å²) in [5, 5.41) is 0. The number of rotatable bonds is 5. The molecule has 4 nitrogen and oxygen atoms in total. The van der Waals surface area contributed by atoms with E-state index in [-0.39, 0.29) is 36.3 Å². The van der Waals surface area contributed by atoms with Gasteiger partial charge in [-0.25, -0.2) is 0 Å². The minimum Gasteiger partial charge on any atom is -0.469 e. The zero-order valence-corrected chi connectivity index (χ0v) is 20.8. The molecule has 0 N–H and O–H groups in total. The molecule has 2 aromatic rings. The maximum absolute atomic E-state index is 13.6. The highest BCUT2D eigenvalue weighted by molar-refractivity contribution is 5.87. The third-order valence-electron chi connectivity index (χ3n) is 8.78.